The van der Waals surface area contributed by atoms with E-state index in [-0.39, 0.29) is 16.6 Å². The van der Waals surface area contributed by atoms with E-state index in [0.29, 0.717) is 10.7 Å². The van der Waals surface area contributed by atoms with Gasteiger partial charge in [-0.05, 0) is 12.1 Å². The molecule has 1 aliphatic heterocycles. The number of carbonyl (C=O) groups excluding carboxylic acids is 1. The van der Waals surface area contributed by atoms with Crippen molar-refractivity contribution in [2.45, 2.75) is 18.4 Å². The first-order valence-electron chi connectivity index (χ1n) is 5.27. The first-order chi connectivity index (χ1) is 8.79. The van der Waals surface area contributed by atoms with Gasteiger partial charge in [0.1, 0.15) is 6.10 Å². The molecule has 19 heavy (non-hydrogen) atoms. The van der Waals surface area contributed by atoms with Crippen LogP contribution in [-0.2, 0) is 9.53 Å². The third-order valence-electron chi connectivity index (χ3n) is 2.59. The van der Waals surface area contributed by atoms with Crippen LogP contribution < -0.4 is 5.32 Å². The maximum absolute atomic E-state index is 12.9. The largest absolute Gasteiger partial charge is 0.456 e. The monoisotopic (exact) mass is 329 g/mol. The van der Waals surface area contributed by atoms with Gasteiger partial charge in [0.2, 0.25) is 0 Å². The van der Waals surface area contributed by atoms with Gasteiger partial charge in [-0.2, -0.15) is 8.78 Å². The second-order valence-corrected chi connectivity index (χ2v) is 5.28. The van der Waals surface area contributed by atoms with Crippen LogP contribution in [0.2, 0.25) is 15.1 Å². The molecule has 0 radical (unpaired) electrons. The third-order valence-corrected chi connectivity index (χ3v) is 3.62. The quantitative estimate of drug-likeness (QED) is 0.672. The molecule has 0 aromatic heterocycles. The molecule has 1 saturated heterocycles. The van der Waals surface area contributed by atoms with Crippen molar-refractivity contribution in [3.8, 4) is 0 Å². The summed E-state index contributed by atoms with van der Waals surface area (Å²) in [5.74, 6) is -4.92. The molecule has 1 N–H and O–H groups in total. The first-order valence-corrected chi connectivity index (χ1v) is 6.40. The summed E-state index contributed by atoms with van der Waals surface area (Å²) in [6.07, 6.45) is -1.56. The van der Waals surface area contributed by atoms with E-state index in [1.54, 1.807) is 0 Å². The second-order valence-electron chi connectivity index (χ2n) is 4.06. The fraction of sp³-hybridized carbons (Fsp3) is 0.364. The number of cyclic esters (lactones) is 1. The Morgan fingerprint density at radius 3 is 2.47 bits per heavy atom. The molecule has 1 aliphatic rings. The van der Waals surface area contributed by atoms with Crippen molar-refractivity contribution in [2.75, 3.05) is 11.9 Å². The van der Waals surface area contributed by atoms with Crippen molar-refractivity contribution in [3.05, 3.63) is 27.2 Å². The van der Waals surface area contributed by atoms with Gasteiger partial charge in [-0.1, -0.05) is 34.8 Å². The van der Waals surface area contributed by atoms with E-state index in [2.05, 4.69) is 10.1 Å². The molecule has 0 spiro atoms. The highest BCUT2D eigenvalue weighted by atomic mass is 35.5. The Balaban J connectivity index is 2.01. The van der Waals surface area contributed by atoms with Crippen molar-refractivity contribution < 1.29 is 18.3 Å². The van der Waals surface area contributed by atoms with Gasteiger partial charge < -0.3 is 10.1 Å². The summed E-state index contributed by atoms with van der Waals surface area (Å²) in [5.41, 5.74) is 0.433. The highest BCUT2D eigenvalue weighted by molar-refractivity contribution is 6.44. The molecule has 2 rings (SSSR count). The first kappa shape index (κ1) is 14.6. The van der Waals surface area contributed by atoms with Crippen molar-refractivity contribution in [1.29, 1.82) is 0 Å². The number of anilines is 1. The molecule has 0 saturated carbocycles. The van der Waals surface area contributed by atoms with E-state index in [4.69, 9.17) is 34.8 Å². The lowest BCUT2D eigenvalue weighted by Crippen LogP contribution is -2.22. The van der Waals surface area contributed by atoms with E-state index < -0.39 is 24.4 Å². The number of ether oxygens (including phenoxy) is 1. The van der Waals surface area contributed by atoms with Gasteiger partial charge >= 0.3 is 11.9 Å². The number of alkyl halides is 2. The summed E-state index contributed by atoms with van der Waals surface area (Å²) in [6, 6.07) is 2.91. The SMILES string of the molecule is O=C1OC(CNc2cc(Cl)c(Cl)cc2Cl)CC1(F)F. The lowest BCUT2D eigenvalue weighted by molar-refractivity contribution is -0.158. The predicted octanol–water partition coefficient (Wildman–Crippen LogP) is 4.01. The lowest BCUT2D eigenvalue weighted by Gasteiger charge is -2.13. The summed E-state index contributed by atoms with van der Waals surface area (Å²) < 4.78 is 30.4. The lowest BCUT2D eigenvalue weighted by atomic mass is 10.2. The molecule has 1 heterocycles. The smallest absolute Gasteiger partial charge is 0.377 e. The molecule has 3 nitrogen and oxygen atoms in total. The van der Waals surface area contributed by atoms with Crippen LogP contribution in [0.3, 0.4) is 0 Å². The Kier molecular flexibility index (Phi) is 4.08. The van der Waals surface area contributed by atoms with Gasteiger partial charge in [-0.15, -0.1) is 0 Å². The number of nitrogens with one attached hydrogen (secondary N) is 1. The van der Waals surface area contributed by atoms with Crippen molar-refractivity contribution in [2.24, 2.45) is 0 Å². The molecule has 1 aromatic rings. The Morgan fingerprint density at radius 1 is 1.26 bits per heavy atom. The van der Waals surface area contributed by atoms with Crippen LogP contribution in [0.1, 0.15) is 6.42 Å². The van der Waals surface area contributed by atoms with E-state index in [1.165, 1.54) is 12.1 Å². The molecule has 0 bridgehead atoms. The highest BCUT2D eigenvalue weighted by Crippen LogP contribution is 2.34. The number of benzene rings is 1. The van der Waals surface area contributed by atoms with Gasteiger partial charge in [0.05, 0.1) is 33.7 Å². The van der Waals surface area contributed by atoms with Crippen molar-refractivity contribution >= 4 is 46.5 Å². The fourth-order valence-corrected chi connectivity index (χ4v) is 2.26. The third kappa shape index (κ3) is 3.22. The van der Waals surface area contributed by atoms with Gasteiger partial charge in [-0.3, -0.25) is 0 Å². The van der Waals surface area contributed by atoms with E-state index in [1.807, 2.05) is 0 Å². The summed E-state index contributed by atoms with van der Waals surface area (Å²) in [7, 11) is 0. The molecule has 8 heteroatoms. The van der Waals surface area contributed by atoms with Gasteiger partial charge in [0, 0.05) is 0 Å². The van der Waals surface area contributed by atoms with Crippen LogP contribution >= 0.6 is 34.8 Å². The number of hydrogen-bond acceptors (Lipinski definition) is 3. The zero-order valence-electron chi connectivity index (χ0n) is 9.35. The maximum atomic E-state index is 12.9. The zero-order valence-corrected chi connectivity index (χ0v) is 11.6. The number of halogens is 5. The van der Waals surface area contributed by atoms with Crippen LogP contribution in [0, 0.1) is 0 Å². The van der Waals surface area contributed by atoms with Crippen molar-refractivity contribution in [1.82, 2.24) is 0 Å². The standard InChI is InChI=1S/C11H8Cl3F2NO2/c12-6-1-8(14)9(2-7(6)13)17-4-5-3-11(15,16)10(18)19-5/h1-2,5,17H,3-4H2. The summed E-state index contributed by atoms with van der Waals surface area (Å²) in [4.78, 5) is 10.8. The minimum absolute atomic E-state index is 0.0129. The van der Waals surface area contributed by atoms with Crippen LogP contribution in [0.15, 0.2) is 12.1 Å². The van der Waals surface area contributed by atoms with Crippen LogP contribution in [0.4, 0.5) is 14.5 Å². The topological polar surface area (TPSA) is 38.3 Å². The molecule has 1 fully saturated rings. The molecule has 1 unspecified atom stereocenters. The predicted molar refractivity (Wildman–Crippen MR) is 69.4 cm³/mol. The Hall–Kier alpha value is -0.780. The molecule has 104 valence electrons. The van der Waals surface area contributed by atoms with Gasteiger partial charge in [-0.25, -0.2) is 4.79 Å². The molecule has 0 amide bonds. The molecule has 1 atom stereocenters. The van der Waals surface area contributed by atoms with Crippen LogP contribution in [0.25, 0.3) is 0 Å². The maximum Gasteiger partial charge on any atom is 0.377 e. The number of hydrogen-bond donors (Lipinski definition) is 1. The zero-order chi connectivity index (χ0) is 14.2. The minimum atomic E-state index is -3.42. The second kappa shape index (κ2) is 5.31. The minimum Gasteiger partial charge on any atom is -0.456 e. The normalized spacial score (nSPS) is 21.3. The van der Waals surface area contributed by atoms with Crippen LogP contribution in [-0.4, -0.2) is 24.5 Å². The number of carbonyl (C=O) groups is 1. The summed E-state index contributed by atoms with van der Waals surface area (Å²) in [5, 5.41) is 3.66. The molecular formula is C11H8Cl3F2NO2. The van der Waals surface area contributed by atoms with Gasteiger partial charge in [0.15, 0.2) is 0 Å². The van der Waals surface area contributed by atoms with Crippen LogP contribution in [0.5, 0.6) is 0 Å². The van der Waals surface area contributed by atoms with E-state index in [9.17, 15) is 13.6 Å². The summed E-state index contributed by atoms with van der Waals surface area (Å²) >= 11 is 17.5. The molecule has 0 aliphatic carbocycles. The Bertz CT molecular complexity index is 525. The highest BCUT2D eigenvalue weighted by Gasteiger charge is 2.50. The van der Waals surface area contributed by atoms with E-state index in [0.717, 1.165) is 0 Å². The fourth-order valence-electron chi connectivity index (χ4n) is 1.64. The van der Waals surface area contributed by atoms with Crippen molar-refractivity contribution in [3.63, 3.8) is 0 Å². The number of rotatable bonds is 3. The number of esters is 1. The Morgan fingerprint density at radius 2 is 1.89 bits per heavy atom. The average Bonchev–Trinajstić information content (AvgIpc) is 2.56. The van der Waals surface area contributed by atoms with Gasteiger partial charge in [0.25, 0.3) is 0 Å². The Labute approximate surface area is 122 Å². The summed E-state index contributed by atoms with van der Waals surface area (Å²) in [6.45, 7) is 0.0129. The molecular weight excluding hydrogens is 322 g/mol. The average molecular weight is 331 g/mol. The van der Waals surface area contributed by atoms with E-state index >= 15 is 0 Å². The molecule has 1 aromatic carbocycles.